The molecule has 3 nitrogen and oxygen atoms in total. The van der Waals surface area contributed by atoms with Crippen LogP contribution in [0.4, 0.5) is 0 Å². The Morgan fingerprint density at radius 1 is 1.00 bits per heavy atom. The Morgan fingerprint density at radius 3 is 2.35 bits per heavy atom. The van der Waals surface area contributed by atoms with Gasteiger partial charge in [-0.25, -0.2) is 0 Å². The van der Waals surface area contributed by atoms with Crippen LogP contribution in [0.15, 0.2) is 0 Å². The van der Waals surface area contributed by atoms with Gasteiger partial charge in [0, 0.05) is 26.3 Å². The summed E-state index contributed by atoms with van der Waals surface area (Å²) in [7, 11) is 2.00. The predicted molar refractivity (Wildman–Crippen MR) is 72.0 cm³/mol. The number of hydrogen-bond donors (Lipinski definition) is 0. The summed E-state index contributed by atoms with van der Waals surface area (Å²) in [4.78, 5) is 0. The molecule has 17 heavy (non-hydrogen) atoms. The van der Waals surface area contributed by atoms with Gasteiger partial charge in [-0.15, -0.1) is 0 Å². The lowest BCUT2D eigenvalue weighted by molar-refractivity contribution is 0.0216. The van der Waals surface area contributed by atoms with E-state index in [0.29, 0.717) is 6.04 Å². The highest BCUT2D eigenvalue weighted by Crippen LogP contribution is 2.41. The Morgan fingerprint density at radius 2 is 1.71 bits per heavy atom. The molecule has 0 aromatic carbocycles. The molecule has 0 aromatic rings. The van der Waals surface area contributed by atoms with Crippen molar-refractivity contribution >= 4 is 9.45 Å². The number of piperidine rings is 1. The van der Waals surface area contributed by atoms with Crippen molar-refractivity contribution in [1.29, 1.82) is 0 Å². The molecule has 0 radical (unpaired) electrons. The zero-order valence-corrected chi connectivity index (χ0v) is 12.8. The number of rotatable bonds is 3. The van der Waals surface area contributed by atoms with Crippen molar-refractivity contribution in [2.75, 3.05) is 14.2 Å². The van der Waals surface area contributed by atoms with Crippen LogP contribution in [0.1, 0.15) is 46.0 Å². The van der Waals surface area contributed by atoms with Crippen LogP contribution in [0.2, 0.25) is 0 Å². The SMILES string of the molecule is CO[SiH](OC)N1C(C)CCC2C(C)CCCC21. The number of hydrogen-bond acceptors (Lipinski definition) is 3. The third-order valence-corrected chi connectivity index (χ3v) is 7.03. The first kappa shape index (κ1) is 13.5. The molecule has 2 rings (SSSR count). The molecule has 100 valence electrons. The number of nitrogens with zero attached hydrogens (tertiary/aromatic N) is 1. The molecule has 1 saturated carbocycles. The second-order valence-corrected chi connectivity index (χ2v) is 7.94. The minimum Gasteiger partial charge on any atom is -0.388 e. The summed E-state index contributed by atoms with van der Waals surface area (Å²) in [5.41, 5.74) is 0. The van der Waals surface area contributed by atoms with Crippen LogP contribution in [0.5, 0.6) is 0 Å². The van der Waals surface area contributed by atoms with E-state index in [0.717, 1.165) is 17.9 Å². The predicted octanol–water partition coefficient (Wildman–Crippen LogP) is 2.29. The molecule has 4 heteroatoms. The molecule has 2 fully saturated rings. The zero-order valence-electron chi connectivity index (χ0n) is 11.7. The van der Waals surface area contributed by atoms with E-state index in [-0.39, 0.29) is 0 Å². The van der Waals surface area contributed by atoms with Gasteiger partial charge in [-0.3, -0.25) is 4.57 Å². The van der Waals surface area contributed by atoms with Crippen molar-refractivity contribution in [3.63, 3.8) is 0 Å². The summed E-state index contributed by atoms with van der Waals surface area (Å²) in [6, 6.07) is 1.36. The molecule has 1 aliphatic carbocycles. The molecule has 1 heterocycles. The normalized spacial score (nSPS) is 39.4. The summed E-state index contributed by atoms with van der Waals surface area (Å²) in [5, 5.41) is 0. The van der Waals surface area contributed by atoms with Gasteiger partial charge in [0.2, 0.25) is 0 Å². The van der Waals surface area contributed by atoms with E-state index in [2.05, 4.69) is 18.4 Å². The second kappa shape index (κ2) is 5.82. The molecule has 0 bridgehead atoms. The molecule has 0 amide bonds. The molecule has 4 unspecified atom stereocenters. The maximum Gasteiger partial charge on any atom is 0.410 e. The fraction of sp³-hybridized carbons (Fsp3) is 1.00. The van der Waals surface area contributed by atoms with Gasteiger partial charge in [-0.05, 0) is 31.1 Å². The summed E-state index contributed by atoms with van der Waals surface area (Å²) < 4.78 is 13.9. The highest BCUT2D eigenvalue weighted by atomic mass is 28.3. The Bertz CT molecular complexity index is 248. The standard InChI is InChI=1S/C13H27NO2Si/c1-10-6-5-7-13-12(10)9-8-11(2)14(13)17(15-3)16-4/h10-13,17H,5-9H2,1-4H3. The fourth-order valence-corrected chi connectivity index (χ4v) is 5.84. The van der Waals surface area contributed by atoms with E-state index in [1.54, 1.807) is 0 Å². The van der Waals surface area contributed by atoms with Crippen LogP contribution in [0.3, 0.4) is 0 Å². The van der Waals surface area contributed by atoms with E-state index in [4.69, 9.17) is 8.85 Å². The highest BCUT2D eigenvalue weighted by molar-refractivity contribution is 6.41. The van der Waals surface area contributed by atoms with E-state index >= 15 is 0 Å². The van der Waals surface area contributed by atoms with Crippen LogP contribution >= 0.6 is 0 Å². The van der Waals surface area contributed by atoms with E-state index in [9.17, 15) is 0 Å². The van der Waals surface area contributed by atoms with Gasteiger partial charge in [0.15, 0.2) is 0 Å². The topological polar surface area (TPSA) is 21.7 Å². The summed E-state index contributed by atoms with van der Waals surface area (Å²) >= 11 is 0. The summed E-state index contributed by atoms with van der Waals surface area (Å²) in [6.07, 6.45) is 6.84. The average molecular weight is 257 g/mol. The first-order chi connectivity index (χ1) is 8.19. The van der Waals surface area contributed by atoms with Crippen LogP contribution in [0, 0.1) is 11.8 Å². The van der Waals surface area contributed by atoms with Crippen molar-refractivity contribution in [3.8, 4) is 0 Å². The molecule has 1 aliphatic heterocycles. The van der Waals surface area contributed by atoms with Crippen LogP contribution in [-0.4, -0.2) is 40.3 Å². The van der Waals surface area contributed by atoms with E-state index in [1.165, 1.54) is 32.1 Å². The van der Waals surface area contributed by atoms with Gasteiger partial charge < -0.3 is 8.85 Å². The van der Waals surface area contributed by atoms with Gasteiger partial charge in [-0.1, -0.05) is 26.7 Å². The Hall–Kier alpha value is 0.0969. The van der Waals surface area contributed by atoms with Gasteiger partial charge >= 0.3 is 9.45 Å². The van der Waals surface area contributed by atoms with Gasteiger partial charge in [0.1, 0.15) is 0 Å². The summed E-state index contributed by atoms with van der Waals surface area (Å²) in [6.45, 7) is 4.77. The molecular weight excluding hydrogens is 230 g/mol. The van der Waals surface area contributed by atoms with Crippen molar-refractivity contribution in [3.05, 3.63) is 0 Å². The monoisotopic (exact) mass is 257 g/mol. The Kier molecular flexibility index (Phi) is 4.63. The third-order valence-electron chi connectivity index (χ3n) is 4.84. The lowest BCUT2D eigenvalue weighted by atomic mass is 9.72. The molecule has 2 aliphatic rings. The molecule has 0 N–H and O–H groups in total. The fourth-order valence-electron chi connectivity index (χ4n) is 3.92. The zero-order chi connectivity index (χ0) is 12.4. The molecule has 0 spiro atoms. The number of fused-ring (bicyclic) bond motifs is 1. The van der Waals surface area contributed by atoms with Crippen molar-refractivity contribution in [2.24, 2.45) is 11.8 Å². The summed E-state index contributed by atoms with van der Waals surface area (Å²) in [5.74, 6) is 1.76. The first-order valence-corrected chi connectivity index (χ1v) is 8.48. The van der Waals surface area contributed by atoms with Gasteiger partial charge in [0.25, 0.3) is 0 Å². The molecular formula is C13H27NO2Si. The minimum atomic E-state index is -1.62. The van der Waals surface area contributed by atoms with Gasteiger partial charge in [-0.2, -0.15) is 0 Å². The second-order valence-electron chi connectivity index (χ2n) is 5.79. The minimum absolute atomic E-state index is 0.637. The molecule has 1 saturated heterocycles. The first-order valence-electron chi connectivity index (χ1n) is 7.02. The lowest BCUT2D eigenvalue weighted by Crippen LogP contribution is -2.60. The highest BCUT2D eigenvalue weighted by Gasteiger charge is 2.43. The smallest absolute Gasteiger partial charge is 0.388 e. The van der Waals surface area contributed by atoms with E-state index < -0.39 is 9.45 Å². The third kappa shape index (κ3) is 2.60. The lowest BCUT2D eigenvalue weighted by Gasteiger charge is -2.51. The quantitative estimate of drug-likeness (QED) is 0.724. The van der Waals surface area contributed by atoms with Crippen molar-refractivity contribution in [2.45, 2.75) is 58.0 Å². The maximum atomic E-state index is 5.64. The van der Waals surface area contributed by atoms with Crippen LogP contribution in [0.25, 0.3) is 0 Å². The van der Waals surface area contributed by atoms with E-state index in [1.807, 2.05) is 14.2 Å². The van der Waals surface area contributed by atoms with Crippen LogP contribution < -0.4 is 0 Å². The van der Waals surface area contributed by atoms with Crippen molar-refractivity contribution in [1.82, 2.24) is 4.57 Å². The molecule has 4 atom stereocenters. The average Bonchev–Trinajstić information content (AvgIpc) is 2.33. The van der Waals surface area contributed by atoms with Crippen molar-refractivity contribution < 1.29 is 8.85 Å². The van der Waals surface area contributed by atoms with Crippen LogP contribution in [-0.2, 0) is 8.85 Å². The Labute approximate surface area is 107 Å². The maximum absolute atomic E-state index is 5.64. The largest absolute Gasteiger partial charge is 0.410 e. The Balaban J connectivity index is 2.15. The van der Waals surface area contributed by atoms with Gasteiger partial charge in [0.05, 0.1) is 0 Å². The molecule has 0 aromatic heterocycles.